The Balaban J connectivity index is 2.43. The molecule has 6 heteroatoms. The van der Waals surface area contributed by atoms with Crippen molar-refractivity contribution in [3.8, 4) is 0 Å². The number of benzene rings is 1. The predicted octanol–water partition coefficient (Wildman–Crippen LogP) is 0.986. The van der Waals surface area contributed by atoms with Crippen LogP contribution in [0.3, 0.4) is 0 Å². The number of hydrogen-bond donors (Lipinski definition) is 3. The molecule has 6 nitrogen and oxygen atoms in total. The summed E-state index contributed by atoms with van der Waals surface area (Å²) in [5.41, 5.74) is 1.31. The molecule has 0 saturated carbocycles. The van der Waals surface area contributed by atoms with Crippen molar-refractivity contribution in [2.24, 2.45) is 0 Å². The smallest absolute Gasteiger partial charge is 0.250 e. The maximum atomic E-state index is 11.5. The third kappa shape index (κ3) is 6.12. The Labute approximate surface area is 118 Å². The largest absolute Gasteiger partial charge is 0.375 e. The van der Waals surface area contributed by atoms with E-state index >= 15 is 0 Å². The van der Waals surface area contributed by atoms with E-state index in [0.717, 1.165) is 0 Å². The molecular formula is C14H19N3O3. The van der Waals surface area contributed by atoms with E-state index in [1.54, 1.807) is 30.3 Å². The number of carbonyl (C=O) groups is 2. The van der Waals surface area contributed by atoms with Gasteiger partial charge in [0, 0.05) is 25.0 Å². The number of amides is 2. The van der Waals surface area contributed by atoms with Crippen LogP contribution < -0.4 is 16.0 Å². The van der Waals surface area contributed by atoms with Crippen molar-refractivity contribution in [2.75, 3.05) is 37.4 Å². The van der Waals surface area contributed by atoms with E-state index in [4.69, 9.17) is 4.74 Å². The van der Waals surface area contributed by atoms with Crippen molar-refractivity contribution in [1.29, 1.82) is 0 Å². The molecule has 0 atom stereocenters. The SMILES string of the molecule is C=CCNCC(=O)Nc1ccc(NC(=O)COC)cc1. The topological polar surface area (TPSA) is 79.5 Å². The number of carbonyl (C=O) groups excluding carboxylic acids is 2. The average Bonchev–Trinajstić information content (AvgIpc) is 2.41. The normalized spacial score (nSPS) is 9.85. The van der Waals surface area contributed by atoms with Crippen molar-refractivity contribution in [1.82, 2.24) is 5.32 Å². The van der Waals surface area contributed by atoms with Crippen LogP contribution in [-0.4, -0.2) is 38.6 Å². The standard InChI is InChI=1S/C14H19N3O3/c1-3-8-15-9-13(18)16-11-4-6-12(7-5-11)17-14(19)10-20-2/h3-7,15H,1,8-10H2,2H3,(H,16,18)(H,17,19). The van der Waals surface area contributed by atoms with Crippen LogP contribution in [0.2, 0.25) is 0 Å². The van der Waals surface area contributed by atoms with E-state index in [9.17, 15) is 9.59 Å². The molecule has 1 rings (SSSR count). The maximum absolute atomic E-state index is 11.5. The highest BCUT2D eigenvalue weighted by atomic mass is 16.5. The highest BCUT2D eigenvalue weighted by molar-refractivity contribution is 5.94. The third-order valence-corrected chi connectivity index (χ3v) is 2.30. The Morgan fingerprint density at radius 1 is 1.15 bits per heavy atom. The Morgan fingerprint density at radius 3 is 2.20 bits per heavy atom. The molecule has 0 saturated heterocycles. The minimum absolute atomic E-state index is 0.00740. The summed E-state index contributed by atoms with van der Waals surface area (Å²) >= 11 is 0. The van der Waals surface area contributed by atoms with Crippen LogP contribution in [0.5, 0.6) is 0 Å². The third-order valence-electron chi connectivity index (χ3n) is 2.30. The molecule has 0 heterocycles. The molecule has 0 unspecified atom stereocenters. The molecular weight excluding hydrogens is 258 g/mol. The molecule has 0 aliphatic carbocycles. The van der Waals surface area contributed by atoms with Crippen molar-refractivity contribution in [2.45, 2.75) is 0 Å². The molecule has 1 aromatic rings. The molecule has 20 heavy (non-hydrogen) atoms. The second-order valence-corrected chi connectivity index (χ2v) is 4.03. The van der Waals surface area contributed by atoms with Crippen molar-refractivity contribution in [3.05, 3.63) is 36.9 Å². The lowest BCUT2D eigenvalue weighted by Gasteiger charge is -2.08. The van der Waals surface area contributed by atoms with Crippen LogP contribution >= 0.6 is 0 Å². The van der Waals surface area contributed by atoms with Gasteiger partial charge in [0.2, 0.25) is 11.8 Å². The average molecular weight is 277 g/mol. The molecule has 3 N–H and O–H groups in total. The van der Waals surface area contributed by atoms with Crippen LogP contribution in [0, 0.1) is 0 Å². The quantitative estimate of drug-likeness (QED) is 0.489. The van der Waals surface area contributed by atoms with E-state index < -0.39 is 0 Å². The van der Waals surface area contributed by atoms with Gasteiger partial charge in [-0.3, -0.25) is 9.59 Å². The van der Waals surface area contributed by atoms with Gasteiger partial charge in [-0.15, -0.1) is 6.58 Å². The van der Waals surface area contributed by atoms with Crippen LogP contribution in [0.15, 0.2) is 36.9 Å². The number of rotatable bonds is 8. The number of anilines is 2. The predicted molar refractivity (Wildman–Crippen MR) is 78.6 cm³/mol. The lowest BCUT2D eigenvalue weighted by Crippen LogP contribution is -2.28. The summed E-state index contributed by atoms with van der Waals surface area (Å²) in [6.45, 7) is 4.36. The van der Waals surface area contributed by atoms with Crippen LogP contribution in [0.25, 0.3) is 0 Å². The van der Waals surface area contributed by atoms with Crippen LogP contribution in [0.4, 0.5) is 11.4 Å². The minimum atomic E-state index is -0.224. The second-order valence-electron chi connectivity index (χ2n) is 4.03. The molecule has 0 aromatic heterocycles. The Kier molecular flexibility index (Phi) is 7.02. The van der Waals surface area contributed by atoms with Gasteiger partial charge in [-0.25, -0.2) is 0 Å². The summed E-state index contributed by atoms with van der Waals surface area (Å²) in [6.07, 6.45) is 1.69. The molecule has 0 aliphatic rings. The van der Waals surface area contributed by atoms with Gasteiger partial charge in [0.1, 0.15) is 6.61 Å². The lowest BCUT2D eigenvalue weighted by atomic mass is 10.2. The fourth-order valence-corrected chi connectivity index (χ4v) is 1.46. The van der Waals surface area contributed by atoms with Gasteiger partial charge in [-0.1, -0.05) is 6.08 Å². The maximum Gasteiger partial charge on any atom is 0.250 e. The summed E-state index contributed by atoms with van der Waals surface area (Å²) in [5.74, 6) is -0.360. The highest BCUT2D eigenvalue weighted by Crippen LogP contribution is 2.13. The molecule has 0 radical (unpaired) electrons. The zero-order chi connectivity index (χ0) is 14.8. The molecule has 0 aliphatic heterocycles. The van der Waals surface area contributed by atoms with Gasteiger partial charge in [0.25, 0.3) is 0 Å². The van der Waals surface area contributed by atoms with E-state index in [0.29, 0.717) is 17.9 Å². The Hall–Kier alpha value is -2.18. The van der Waals surface area contributed by atoms with Gasteiger partial charge in [0.05, 0.1) is 6.54 Å². The van der Waals surface area contributed by atoms with Crippen molar-refractivity contribution >= 4 is 23.2 Å². The summed E-state index contributed by atoms with van der Waals surface area (Å²) in [7, 11) is 1.46. The molecule has 2 amide bonds. The molecule has 0 spiro atoms. The number of nitrogens with one attached hydrogen (secondary N) is 3. The number of hydrogen-bond acceptors (Lipinski definition) is 4. The first-order valence-electron chi connectivity index (χ1n) is 6.16. The summed E-state index contributed by atoms with van der Waals surface area (Å²) < 4.78 is 4.72. The fourth-order valence-electron chi connectivity index (χ4n) is 1.46. The number of ether oxygens (including phenoxy) is 1. The highest BCUT2D eigenvalue weighted by Gasteiger charge is 2.03. The van der Waals surface area contributed by atoms with E-state index in [-0.39, 0.29) is 25.0 Å². The first-order chi connectivity index (χ1) is 9.65. The second kappa shape index (κ2) is 8.84. The Morgan fingerprint density at radius 2 is 1.70 bits per heavy atom. The van der Waals surface area contributed by atoms with Gasteiger partial charge >= 0.3 is 0 Å². The fraction of sp³-hybridized carbons (Fsp3) is 0.286. The first kappa shape index (κ1) is 15.9. The molecule has 108 valence electrons. The van der Waals surface area contributed by atoms with Crippen LogP contribution in [0.1, 0.15) is 0 Å². The first-order valence-corrected chi connectivity index (χ1v) is 6.16. The van der Waals surface area contributed by atoms with E-state index in [1.807, 2.05) is 0 Å². The molecule has 0 fully saturated rings. The van der Waals surface area contributed by atoms with E-state index in [2.05, 4.69) is 22.5 Å². The molecule has 1 aromatic carbocycles. The minimum Gasteiger partial charge on any atom is -0.375 e. The summed E-state index contributed by atoms with van der Waals surface area (Å²) in [4.78, 5) is 22.8. The number of methoxy groups -OCH3 is 1. The summed E-state index contributed by atoms with van der Waals surface area (Å²) in [5, 5.41) is 8.30. The summed E-state index contributed by atoms with van der Waals surface area (Å²) in [6, 6.07) is 6.85. The van der Waals surface area contributed by atoms with Gasteiger partial charge < -0.3 is 20.7 Å². The van der Waals surface area contributed by atoms with Gasteiger partial charge in [-0.05, 0) is 24.3 Å². The van der Waals surface area contributed by atoms with Gasteiger partial charge in [-0.2, -0.15) is 0 Å². The molecule has 0 bridgehead atoms. The monoisotopic (exact) mass is 277 g/mol. The van der Waals surface area contributed by atoms with Gasteiger partial charge in [0.15, 0.2) is 0 Å². The van der Waals surface area contributed by atoms with E-state index in [1.165, 1.54) is 7.11 Å². The lowest BCUT2D eigenvalue weighted by molar-refractivity contribution is -0.119. The van der Waals surface area contributed by atoms with Crippen molar-refractivity contribution < 1.29 is 14.3 Å². The van der Waals surface area contributed by atoms with Crippen LogP contribution in [-0.2, 0) is 14.3 Å². The Bertz CT molecular complexity index is 457. The zero-order valence-corrected chi connectivity index (χ0v) is 11.4. The zero-order valence-electron chi connectivity index (χ0n) is 11.4. The van der Waals surface area contributed by atoms with Crippen molar-refractivity contribution in [3.63, 3.8) is 0 Å².